The van der Waals surface area contributed by atoms with Crippen LogP contribution in [0, 0.1) is 19.8 Å². The fraction of sp³-hybridized carbons (Fsp3) is 0.394. The molecular weight excluding hydrogens is 582 g/mol. The van der Waals surface area contributed by atoms with Crippen LogP contribution in [0.4, 0.5) is 5.69 Å². The van der Waals surface area contributed by atoms with Crippen LogP contribution >= 0.6 is 0 Å². The number of amides is 2. The number of anilines is 1. The van der Waals surface area contributed by atoms with E-state index in [0.29, 0.717) is 23.7 Å². The Bertz CT molecular complexity index is 1550. The number of methoxy groups -OCH3 is 3. The normalized spacial score (nSPS) is 11.9. The maximum atomic E-state index is 14.3. The molecule has 0 aromatic heterocycles. The van der Waals surface area contributed by atoms with Crippen LogP contribution in [0.1, 0.15) is 37.5 Å². The molecule has 1 N–H and O–H groups in total. The lowest BCUT2D eigenvalue weighted by molar-refractivity contribution is -0.139. The molecule has 0 heterocycles. The molecule has 3 rings (SSSR count). The van der Waals surface area contributed by atoms with E-state index in [2.05, 4.69) is 5.32 Å². The van der Waals surface area contributed by atoms with E-state index in [1.54, 1.807) is 44.4 Å². The summed E-state index contributed by atoms with van der Waals surface area (Å²) < 4.78 is 45.6. The number of rotatable bonds is 14. The maximum Gasteiger partial charge on any atom is 0.264 e. The van der Waals surface area contributed by atoms with Crippen LogP contribution in [0.2, 0.25) is 0 Å². The molecule has 2 amide bonds. The molecular formula is C33H43N3O7S. The summed E-state index contributed by atoms with van der Waals surface area (Å²) in [5.74, 6) is 0.514. The molecule has 3 aromatic rings. The summed E-state index contributed by atoms with van der Waals surface area (Å²) in [5.41, 5.74) is 2.70. The maximum absolute atomic E-state index is 14.3. The van der Waals surface area contributed by atoms with Crippen LogP contribution in [0.3, 0.4) is 0 Å². The minimum Gasteiger partial charge on any atom is -0.497 e. The lowest BCUT2D eigenvalue weighted by Crippen LogP contribution is -2.51. The highest BCUT2D eigenvalue weighted by Crippen LogP contribution is 2.33. The van der Waals surface area contributed by atoms with E-state index in [1.165, 1.54) is 37.3 Å². The third-order valence-corrected chi connectivity index (χ3v) is 8.83. The van der Waals surface area contributed by atoms with Gasteiger partial charge in [-0.1, -0.05) is 32.0 Å². The molecule has 11 heteroatoms. The number of hydrogen-bond donors (Lipinski definition) is 1. The van der Waals surface area contributed by atoms with Crippen molar-refractivity contribution in [2.45, 2.75) is 52.1 Å². The van der Waals surface area contributed by atoms with Crippen LogP contribution < -0.4 is 23.8 Å². The van der Waals surface area contributed by atoms with Crippen LogP contribution in [-0.4, -0.2) is 65.6 Å². The zero-order chi connectivity index (χ0) is 32.6. The Morgan fingerprint density at radius 2 is 1.50 bits per heavy atom. The van der Waals surface area contributed by atoms with Gasteiger partial charge in [-0.05, 0) is 79.8 Å². The number of carbonyl (C=O) groups is 2. The van der Waals surface area contributed by atoms with Crippen molar-refractivity contribution < 1.29 is 32.2 Å². The predicted octanol–water partition coefficient (Wildman–Crippen LogP) is 4.71. The highest BCUT2D eigenvalue weighted by molar-refractivity contribution is 7.92. The fourth-order valence-electron chi connectivity index (χ4n) is 4.73. The topological polar surface area (TPSA) is 114 Å². The zero-order valence-corrected chi connectivity index (χ0v) is 27.5. The van der Waals surface area contributed by atoms with Crippen molar-refractivity contribution >= 4 is 27.5 Å². The zero-order valence-electron chi connectivity index (χ0n) is 26.7. The molecule has 0 aliphatic heterocycles. The average molecular weight is 626 g/mol. The third-order valence-electron chi connectivity index (χ3n) is 7.06. The molecule has 3 aromatic carbocycles. The van der Waals surface area contributed by atoms with Gasteiger partial charge in [0.15, 0.2) is 11.5 Å². The van der Waals surface area contributed by atoms with Gasteiger partial charge in [0.1, 0.15) is 18.3 Å². The molecule has 0 saturated heterocycles. The van der Waals surface area contributed by atoms with Crippen molar-refractivity contribution in [2.24, 2.45) is 5.92 Å². The number of nitrogens with zero attached hydrogens (tertiary/aromatic N) is 2. The predicted molar refractivity (Wildman–Crippen MR) is 171 cm³/mol. The minimum absolute atomic E-state index is 0.0589. The lowest BCUT2D eigenvalue weighted by atomic mass is 10.1. The van der Waals surface area contributed by atoms with Gasteiger partial charge in [0.25, 0.3) is 10.0 Å². The summed E-state index contributed by atoms with van der Waals surface area (Å²) in [6.45, 7) is 9.25. The molecule has 0 aliphatic carbocycles. The van der Waals surface area contributed by atoms with Gasteiger partial charge >= 0.3 is 0 Å². The van der Waals surface area contributed by atoms with Crippen LogP contribution in [0.15, 0.2) is 65.6 Å². The van der Waals surface area contributed by atoms with Crippen molar-refractivity contribution in [2.75, 3.05) is 38.7 Å². The first kappa shape index (κ1) is 34.2. The van der Waals surface area contributed by atoms with Gasteiger partial charge in [0.2, 0.25) is 11.8 Å². The molecule has 0 saturated carbocycles. The molecule has 0 unspecified atom stereocenters. The van der Waals surface area contributed by atoms with E-state index >= 15 is 0 Å². The Balaban J connectivity index is 2.10. The first-order chi connectivity index (χ1) is 20.8. The summed E-state index contributed by atoms with van der Waals surface area (Å²) in [4.78, 5) is 28.7. The van der Waals surface area contributed by atoms with Crippen LogP contribution in [0.25, 0.3) is 0 Å². The molecule has 0 spiro atoms. The average Bonchev–Trinajstić information content (AvgIpc) is 2.99. The van der Waals surface area contributed by atoms with Crippen molar-refractivity contribution in [3.05, 3.63) is 77.4 Å². The summed E-state index contributed by atoms with van der Waals surface area (Å²) in [5, 5.41) is 2.89. The van der Waals surface area contributed by atoms with Gasteiger partial charge in [-0.15, -0.1) is 0 Å². The minimum atomic E-state index is -4.30. The Kier molecular flexibility index (Phi) is 11.6. The van der Waals surface area contributed by atoms with Crippen molar-refractivity contribution in [1.82, 2.24) is 10.2 Å². The summed E-state index contributed by atoms with van der Waals surface area (Å²) in [6.07, 6.45) is 0. The second-order valence-corrected chi connectivity index (χ2v) is 12.9. The second-order valence-electron chi connectivity index (χ2n) is 11.1. The molecule has 0 aliphatic rings. The first-order valence-corrected chi connectivity index (χ1v) is 15.8. The van der Waals surface area contributed by atoms with Gasteiger partial charge in [0, 0.05) is 19.2 Å². The summed E-state index contributed by atoms with van der Waals surface area (Å²) >= 11 is 0. The Labute approximate surface area is 261 Å². The number of ether oxygens (including phenoxy) is 3. The largest absolute Gasteiger partial charge is 0.497 e. The number of sulfonamides is 1. The standard InChI is InChI=1S/C33H43N3O7S/c1-22(2)19-34-33(38)25(5)35(20-26-10-9-11-28(17-26)41-6)32(37)21-36(27-15-23(3)14-24(4)16-27)44(39,40)29-12-13-30(42-7)31(18-29)43-8/h9-18,22,25H,19-21H2,1-8H3,(H,34,38)/t25-/m0/s1. The number of benzene rings is 3. The Hall–Kier alpha value is -4.25. The van der Waals surface area contributed by atoms with E-state index in [4.69, 9.17) is 14.2 Å². The number of carbonyl (C=O) groups excluding carboxylic acids is 2. The smallest absolute Gasteiger partial charge is 0.264 e. The molecule has 0 radical (unpaired) electrons. The number of hydrogen-bond acceptors (Lipinski definition) is 7. The molecule has 0 fully saturated rings. The summed E-state index contributed by atoms with van der Waals surface area (Å²) in [6, 6.07) is 15.9. The fourth-order valence-corrected chi connectivity index (χ4v) is 6.14. The highest BCUT2D eigenvalue weighted by atomic mass is 32.2. The van der Waals surface area contributed by atoms with Crippen LogP contribution in [-0.2, 0) is 26.2 Å². The number of nitrogens with one attached hydrogen (secondary N) is 1. The SMILES string of the molecule is COc1cccc(CN(C(=O)CN(c2cc(C)cc(C)c2)S(=O)(=O)c2ccc(OC)c(OC)c2)[C@@H](C)C(=O)NCC(C)C)c1. The van der Waals surface area contributed by atoms with E-state index in [-0.39, 0.29) is 29.0 Å². The molecule has 238 valence electrons. The molecule has 0 bridgehead atoms. The van der Waals surface area contributed by atoms with Gasteiger partial charge in [-0.25, -0.2) is 8.42 Å². The van der Waals surface area contributed by atoms with Crippen molar-refractivity contribution in [3.63, 3.8) is 0 Å². The quantitative estimate of drug-likeness (QED) is 0.276. The van der Waals surface area contributed by atoms with Crippen molar-refractivity contribution in [1.29, 1.82) is 0 Å². The van der Waals surface area contributed by atoms with Crippen LogP contribution in [0.5, 0.6) is 17.2 Å². The second kappa shape index (κ2) is 15.0. The highest BCUT2D eigenvalue weighted by Gasteiger charge is 2.33. The van der Waals surface area contributed by atoms with Gasteiger partial charge in [0.05, 0.1) is 31.9 Å². The molecule has 44 heavy (non-hydrogen) atoms. The van der Waals surface area contributed by atoms with E-state index in [0.717, 1.165) is 21.0 Å². The monoisotopic (exact) mass is 625 g/mol. The van der Waals surface area contributed by atoms with Gasteiger partial charge < -0.3 is 24.4 Å². The molecule has 10 nitrogen and oxygen atoms in total. The Morgan fingerprint density at radius 3 is 2.09 bits per heavy atom. The lowest BCUT2D eigenvalue weighted by Gasteiger charge is -2.32. The van der Waals surface area contributed by atoms with Crippen molar-refractivity contribution in [3.8, 4) is 17.2 Å². The first-order valence-electron chi connectivity index (χ1n) is 14.3. The van der Waals surface area contributed by atoms with E-state index < -0.39 is 28.5 Å². The Morgan fingerprint density at radius 1 is 0.841 bits per heavy atom. The van der Waals surface area contributed by atoms with E-state index in [9.17, 15) is 18.0 Å². The molecule has 1 atom stereocenters. The number of aryl methyl sites for hydroxylation is 2. The summed E-state index contributed by atoms with van der Waals surface area (Å²) in [7, 11) is 0.130. The van der Waals surface area contributed by atoms with Gasteiger partial charge in [-0.2, -0.15) is 0 Å². The third kappa shape index (κ3) is 8.43. The van der Waals surface area contributed by atoms with Gasteiger partial charge in [-0.3, -0.25) is 13.9 Å². The van der Waals surface area contributed by atoms with E-state index in [1.807, 2.05) is 39.8 Å².